The SMILES string of the molecule is Cc1ccc(NC(=O)c2ccc3oc4ccccc4c3c2)cc1. The highest BCUT2D eigenvalue weighted by Crippen LogP contribution is 2.29. The van der Waals surface area contributed by atoms with Crippen molar-refractivity contribution in [3.63, 3.8) is 0 Å². The van der Waals surface area contributed by atoms with Crippen LogP contribution in [0, 0.1) is 6.92 Å². The molecular weight excluding hydrogens is 286 g/mol. The number of aryl methyl sites for hydroxylation is 1. The maximum atomic E-state index is 12.5. The van der Waals surface area contributed by atoms with Crippen LogP contribution in [0.5, 0.6) is 0 Å². The molecular formula is C20H15NO2. The van der Waals surface area contributed by atoms with Crippen LogP contribution in [-0.4, -0.2) is 5.91 Å². The van der Waals surface area contributed by atoms with Crippen LogP contribution in [0.3, 0.4) is 0 Å². The minimum Gasteiger partial charge on any atom is -0.456 e. The maximum absolute atomic E-state index is 12.5. The van der Waals surface area contributed by atoms with E-state index in [1.807, 2.05) is 67.6 Å². The number of hydrogen-bond acceptors (Lipinski definition) is 2. The number of amides is 1. The van der Waals surface area contributed by atoms with Crippen LogP contribution in [0.25, 0.3) is 21.9 Å². The van der Waals surface area contributed by atoms with E-state index in [9.17, 15) is 4.79 Å². The number of fused-ring (bicyclic) bond motifs is 3. The first kappa shape index (κ1) is 13.6. The fourth-order valence-electron chi connectivity index (χ4n) is 2.71. The van der Waals surface area contributed by atoms with E-state index in [2.05, 4.69) is 5.32 Å². The third-order valence-corrected chi connectivity index (χ3v) is 3.95. The Balaban J connectivity index is 1.71. The minimum absolute atomic E-state index is 0.124. The zero-order chi connectivity index (χ0) is 15.8. The molecule has 0 bridgehead atoms. The summed E-state index contributed by atoms with van der Waals surface area (Å²) in [6.45, 7) is 2.02. The van der Waals surface area contributed by atoms with Gasteiger partial charge < -0.3 is 9.73 Å². The molecule has 1 aromatic heterocycles. The minimum atomic E-state index is -0.124. The third-order valence-electron chi connectivity index (χ3n) is 3.95. The molecule has 1 heterocycles. The fraction of sp³-hybridized carbons (Fsp3) is 0.0500. The summed E-state index contributed by atoms with van der Waals surface area (Å²) in [7, 11) is 0. The van der Waals surface area contributed by atoms with Gasteiger partial charge in [0.2, 0.25) is 0 Å². The monoisotopic (exact) mass is 301 g/mol. The van der Waals surface area contributed by atoms with Crippen molar-refractivity contribution in [3.8, 4) is 0 Å². The highest BCUT2D eigenvalue weighted by atomic mass is 16.3. The van der Waals surface area contributed by atoms with Crippen LogP contribution >= 0.6 is 0 Å². The summed E-state index contributed by atoms with van der Waals surface area (Å²) in [4.78, 5) is 12.5. The van der Waals surface area contributed by atoms with Gasteiger partial charge in [-0.15, -0.1) is 0 Å². The molecule has 1 N–H and O–H groups in total. The molecule has 0 radical (unpaired) electrons. The number of para-hydroxylation sites is 1. The van der Waals surface area contributed by atoms with Gasteiger partial charge in [0.1, 0.15) is 11.2 Å². The average Bonchev–Trinajstić information content (AvgIpc) is 2.94. The first-order chi connectivity index (χ1) is 11.2. The molecule has 4 aromatic rings. The Kier molecular flexibility index (Phi) is 3.12. The number of hydrogen-bond donors (Lipinski definition) is 1. The molecule has 0 aliphatic rings. The second-order valence-corrected chi connectivity index (χ2v) is 5.63. The molecule has 0 unspecified atom stereocenters. The van der Waals surface area contributed by atoms with E-state index in [-0.39, 0.29) is 5.91 Å². The van der Waals surface area contributed by atoms with E-state index < -0.39 is 0 Å². The second kappa shape index (κ2) is 5.29. The van der Waals surface area contributed by atoms with Crippen LogP contribution in [0.1, 0.15) is 15.9 Å². The quantitative estimate of drug-likeness (QED) is 0.556. The predicted molar refractivity (Wildman–Crippen MR) is 92.9 cm³/mol. The van der Waals surface area contributed by atoms with E-state index in [1.54, 1.807) is 6.07 Å². The van der Waals surface area contributed by atoms with Crippen molar-refractivity contribution < 1.29 is 9.21 Å². The van der Waals surface area contributed by atoms with Gasteiger partial charge in [0, 0.05) is 22.0 Å². The molecule has 4 rings (SSSR count). The molecule has 23 heavy (non-hydrogen) atoms. The third kappa shape index (κ3) is 2.46. The molecule has 0 spiro atoms. The molecule has 0 aliphatic heterocycles. The van der Waals surface area contributed by atoms with Crippen LogP contribution in [0.2, 0.25) is 0 Å². The van der Waals surface area contributed by atoms with Crippen LogP contribution in [0.4, 0.5) is 5.69 Å². The van der Waals surface area contributed by atoms with Crippen molar-refractivity contribution in [3.05, 3.63) is 77.9 Å². The Morgan fingerprint density at radius 3 is 2.43 bits per heavy atom. The lowest BCUT2D eigenvalue weighted by Gasteiger charge is -2.05. The van der Waals surface area contributed by atoms with Crippen LogP contribution < -0.4 is 5.32 Å². The molecule has 0 atom stereocenters. The van der Waals surface area contributed by atoms with Gasteiger partial charge in [-0.05, 0) is 43.3 Å². The summed E-state index contributed by atoms with van der Waals surface area (Å²) in [5.74, 6) is -0.124. The molecule has 1 amide bonds. The number of anilines is 1. The zero-order valence-corrected chi connectivity index (χ0v) is 12.7. The number of nitrogens with one attached hydrogen (secondary N) is 1. The van der Waals surface area contributed by atoms with Gasteiger partial charge in [-0.1, -0.05) is 35.9 Å². The number of carbonyl (C=O) groups is 1. The summed E-state index contributed by atoms with van der Waals surface area (Å²) >= 11 is 0. The van der Waals surface area contributed by atoms with Gasteiger partial charge in [0.15, 0.2) is 0 Å². The molecule has 112 valence electrons. The van der Waals surface area contributed by atoms with Gasteiger partial charge in [-0.3, -0.25) is 4.79 Å². The smallest absolute Gasteiger partial charge is 0.255 e. The molecule has 0 saturated heterocycles. The van der Waals surface area contributed by atoms with Crippen molar-refractivity contribution >= 4 is 33.5 Å². The summed E-state index contributed by atoms with van der Waals surface area (Å²) < 4.78 is 5.79. The fourth-order valence-corrected chi connectivity index (χ4v) is 2.71. The molecule has 3 aromatic carbocycles. The summed E-state index contributed by atoms with van der Waals surface area (Å²) in [6, 6.07) is 21.1. The largest absolute Gasteiger partial charge is 0.456 e. The van der Waals surface area contributed by atoms with Crippen LogP contribution in [0.15, 0.2) is 71.1 Å². The summed E-state index contributed by atoms with van der Waals surface area (Å²) in [5, 5.41) is 4.90. The lowest BCUT2D eigenvalue weighted by Crippen LogP contribution is -2.11. The van der Waals surface area contributed by atoms with Crippen molar-refractivity contribution in [1.29, 1.82) is 0 Å². The highest BCUT2D eigenvalue weighted by Gasteiger charge is 2.11. The number of furan rings is 1. The maximum Gasteiger partial charge on any atom is 0.255 e. The first-order valence-electron chi connectivity index (χ1n) is 7.50. The second-order valence-electron chi connectivity index (χ2n) is 5.63. The molecule has 0 saturated carbocycles. The molecule has 3 nitrogen and oxygen atoms in total. The number of benzene rings is 3. The normalized spacial score (nSPS) is 11.0. The van der Waals surface area contributed by atoms with Crippen molar-refractivity contribution in [1.82, 2.24) is 0 Å². The number of rotatable bonds is 2. The summed E-state index contributed by atoms with van der Waals surface area (Å²) in [5.41, 5.74) is 4.19. The predicted octanol–water partition coefficient (Wildman–Crippen LogP) is 5.15. The molecule has 0 aliphatic carbocycles. The van der Waals surface area contributed by atoms with E-state index in [1.165, 1.54) is 0 Å². The van der Waals surface area contributed by atoms with Crippen molar-refractivity contribution in [2.75, 3.05) is 5.32 Å². The Labute approximate surface area is 133 Å². The van der Waals surface area contributed by atoms with Gasteiger partial charge in [0.25, 0.3) is 5.91 Å². The van der Waals surface area contributed by atoms with E-state index in [0.29, 0.717) is 5.56 Å². The van der Waals surface area contributed by atoms with Gasteiger partial charge in [-0.25, -0.2) is 0 Å². The zero-order valence-electron chi connectivity index (χ0n) is 12.7. The Morgan fingerprint density at radius 1 is 0.870 bits per heavy atom. The Bertz CT molecular complexity index is 1010. The summed E-state index contributed by atoms with van der Waals surface area (Å²) in [6.07, 6.45) is 0. The standard InChI is InChI=1S/C20H15NO2/c1-13-6-9-15(10-7-13)21-20(22)14-8-11-19-17(12-14)16-4-2-3-5-18(16)23-19/h2-12H,1H3,(H,21,22). The number of carbonyl (C=O) groups excluding carboxylic acids is 1. The van der Waals surface area contributed by atoms with Crippen molar-refractivity contribution in [2.24, 2.45) is 0 Å². The van der Waals surface area contributed by atoms with E-state index >= 15 is 0 Å². The van der Waals surface area contributed by atoms with Gasteiger partial charge in [0.05, 0.1) is 0 Å². The van der Waals surface area contributed by atoms with Gasteiger partial charge >= 0.3 is 0 Å². The molecule has 3 heteroatoms. The first-order valence-corrected chi connectivity index (χ1v) is 7.50. The van der Waals surface area contributed by atoms with Crippen molar-refractivity contribution in [2.45, 2.75) is 6.92 Å². The van der Waals surface area contributed by atoms with Crippen LogP contribution in [-0.2, 0) is 0 Å². The van der Waals surface area contributed by atoms with Gasteiger partial charge in [-0.2, -0.15) is 0 Å². The topological polar surface area (TPSA) is 42.2 Å². The highest BCUT2D eigenvalue weighted by molar-refractivity contribution is 6.10. The Hall–Kier alpha value is -3.07. The van der Waals surface area contributed by atoms with E-state index in [0.717, 1.165) is 33.2 Å². The average molecular weight is 301 g/mol. The lowest BCUT2D eigenvalue weighted by atomic mass is 10.1. The lowest BCUT2D eigenvalue weighted by molar-refractivity contribution is 0.102. The van der Waals surface area contributed by atoms with E-state index in [4.69, 9.17) is 4.42 Å². The molecule has 0 fully saturated rings. The Morgan fingerprint density at radius 2 is 1.61 bits per heavy atom.